The fraction of sp³-hybridized carbons (Fsp3) is 0.692. The molecule has 0 bridgehead atoms. The van der Waals surface area contributed by atoms with Gasteiger partial charge >= 0.3 is 11.7 Å². The van der Waals surface area contributed by atoms with E-state index < -0.39 is 16.8 Å². The van der Waals surface area contributed by atoms with Crippen LogP contribution in [0.5, 0.6) is 0 Å². The molecule has 21 heavy (non-hydrogen) atoms. The van der Waals surface area contributed by atoms with Gasteiger partial charge in [-0.15, -0.1) is 0 Å². The van der Waals surface area contributed by atoms with E-state index in [0.717, 1.165) is 0 Å². The maximum atomic E-state index is 11.4. The number of rotatable bonds is 4. The third kappa shape index (κ3) is 2.45. The second-order valence-electron chi connectivity index (χ2n) is 5.76. The number of carbonyl (C=O) groups is 1. The molecule has 0 aliphatic carbocycles. The molecule has 116 valence electrons. The Bertz CT molecular complexity index is 581. The Hall–Kier alpha value is -2.12. The zero-order valence-electron chi connectivity index (χ0n) is 12.6. The Morgan fingerprint density at radius 2 is 2.14 bits per heavy atom. The van der Waals surface area contributed by atoms with Crippen molar-refractivity contribution in [3.8, 4) is 0 Å². The molecule has 1 aliphatic rings. The summed E-state index contributed by atoms with van der Waals surface area (Å²) >= 11 is 0. The third-order valence-corrected chi connectivity index (χ3v) is 4.09. The smallest absolute Gasteiger partial charge is 0.334 e. The quantitative estimate of drug-likeness (QED) is 0.671. The minimum atomic E-state index is -0.862. The van der Waals surface area contributed by atoms with Gasteiger partial charge in [0.2, 0.25) is 5.82 Å². The first-order valence-electron chi connectivity index (χ1n) is 6.96. The van der Waals surface area contributed by atoms with E-state index in [2.05, 4.69) is 5.10 Å². The van der Waals surface area contributed by atoms with Crippen LogP contribution in [0.15, 0.2) is 0 Å². The number of aliphatic carboxylic acids is 1. The minimum absolute atomic E-state index is 0.00890. The summed E-state index contributed by atoms with van der Waals surface area (Å²) in [6.45, 7) is 5.98. The maximum absolute atomic E-state index is 11.4. The molecule has 1 N–H and O–H groups in total. The number of nitrogens with zero attached hydrogens (tertiary/aromatic N) is 4. The minimum Gasteiger partial charge on any atom is -0.481 e. The SMILES string of the molecule is CC(C)c1nn(C)c(N2CCC(C(=O)O)C2C)c1[N+](=O)[O-]. The van der Waals surface area contributed by atoms with Crippen LogP contribution in [0.4, 0.5) is 11.5 Å². The molecule has 8 nitrogen and oxygen atoms in total. The monoisotopic (exact) mass is 296 g/mol. The van der Waals surface area contributed by atoms with E-state index >= 15 is 0 Å². The molecule has 8 heteroatoms. The van der Waals surface area contributed by atoms with Gasteiger partial charge in [0, 0.05) is 25.6 Å². The lowest BCUT2D eigenvalue weighted by molar-refractivity contribution is -0.385. The van der Waals surface area contributed by atoms with Crippen molar-refractivity contribution >= 4 is 17.5 Å². The predicted octanol–water partition coefficient (Wildman–Crippen LogP) is 1.75. The number of hydrogen-bond donors (Lipinski definition) is 1. The average Bonchev–Trinajstić information content (AvgIpc) is 2.89. The summed E-state index contributed by atoms with van der Waals surface area (Å²) in [5.74, 6) is -1.04. The number of carboxylic acid groups (broad SMARTS) is 1. The molecular formula is C13H20N4O4. The molecule has 0 aromatic carbocycles. The van der Waals surface area contributed by atoms with Crippen molar-refractivity contribution in [1.29, 1.82) is 0 Å². The summed E-state index contributed by atoms with van der Waals surface area (Å²) < 4.78 is 1.49. The first kappa shape index (κ1) is 15.3. The Morgan fingerprint density at radius 1 is 1.52 bits per heavy atom. The summed E-state index contributed by atoms with van der Waals surface area (Å²) in [4.78, 5) is 24.0. The average molecular weight is 296 g/mol. The lowest BCUT2D eigenvalue weighted by Gasteiger charge is -2.24. The molecule has 2 atom stereocenters. The van der Waals surface area contributed by atoms with Gasteiger partial charge in [-0.05, 0) is 13.3 Å². The van der Waals surface area contributed by atoms with Gasteiger partial charge < -0.3 is 10.0 Å². The topological polar surface area (TPSA) is 102 Å². The fourth-order valence-corrected chi connectivity index (χ4v) is 2.98. The van der Waals surface area contributed by atoms with Crippen molar-refractivity contribution in [3.05, 3.63) is 15.8 Å². The molecule has 1 fully saturated rings. The highest BCUT2D eigenvalue weighted by molar-refractivity contribution is 5.74. The highest BCUT2D eigenvalue weighted by Crippen LogP contribution is 2.39. The summed E-state index contributed by atoms with van der Waals surface area (Å²) in [6.07, 6.45) is 0.482. The maximum Gasteiger partial charge on any atom is 0.334 e. The van der Waals surface area contributed by atoms with Crippen LogP contribution in [0.2, 0.25) is 0 Å². The van der Waals surface area contributed by atoms with Crippen molar-refractivity contribution in [3.63, 3.8) is 0 Å². The van der Waals surface area contributed by atoms with Gasteiger partial charge in [-0.1, -0.05) is 13.8 Å². The lowest BCUT2D eigenvalue weighted by Crippen LogP contribution is -2.34. The van der Waals surface area contributed by atoms with Crippen molar-refractivity contribution in [1.82, 2.24) is 9.78 Å². The van der Waals surface area contributed by atoms with Crippen LogP contribution in [0.25, 0.3) is 0 Å². The van der Waals surface area contributed by atoms with Crippen molar-refractivity contribution in [2.45, 2.75) is 39.2 Å². The summed E-state index contributed by atoms with van der Waals surface area (Å²) in [6, 6.07) is -0.295. The summed E-state index contributed by atoms with van der Waals surface area (Å²) in [5.41, 5.74) is 0.425. The van der Waals surface area contributed by atoms with Crippen LogP contribution >= 0.6 is 0 Å². The van der Waals surface area contributed by atoms with Crippen LogP contribution in [0.1, 0.15) is 38.8 Å². The molecular weight excluding hydrogens is 276 g/mol. The molecule has 0 spiro atoms. The molecule has 2 unspecified atom stereocenters. The number of carboxylic acids is 1. The Labute approximate surface area is 122 Å². The second kappa shape index (κ2) is 5.34. The van der Waals surface area contributed by atoms with E-state index in [4.69, 9.17) is 0 Å². The van der Waals surface area contributed by atoms with Gasteiger partial charge in [0.05, 0.1) is 10.8 Å². The molecule has 2 rings (SSSR count). The fourth-order valence-electron chi connectivity index (χ4n) is 2.98. The Morgan fingerprint density at radius 3 is 2.57 bits per heavy atom. The third-order valence-electron chi connectivity index (χ3n) is 4.09. The first-order chi connectivity index (χ1) is 9.75. The zero-order chi connectivity index (χ0) is 15.9. The largest absolute Gasteiger partial charge is 0.481 e. The molecule has 1 saturated heterocycles. The highest BCUT2D eigenvalue weighted by atomic mass is 16.6. The van der Waals surface area contributed by atoms with E-state index in [1.165, 1.54) is 4.68 Å². The number of aryl methyl sites for hydroxylation is 1. The first-order valence-corrected chi connectivity index (χ1v) is 6.96. The molecule has 1 aromatic heterocycles. The summed E-state index contributed by atoms with van der Waals surface area (Å²) in [5, 5.41) is 24.9. The van der Waals surface area contributed by atoms with Crippen molar-refractivity contribution < 1.29 is 14.8 Å². The number of anilines is 1. The number of aromatic nitrogens is 2. The van der Waals surface area contributed by atoms with Crippen LogP contribution in [0, 0.1) is 16.0 Å². The van der Waals surface area contributed by atoms with Gasteiger partial charge in [0.1, 0.15) is 5.69 Å². The highest BCUT2D eigenvalue weighted by Gasteiger charge is 2.41. The normalized spacial score (nSPS) is 22.0. The predicted molar refractivity (Wildman–Crippen MR) is 76.5 cm³/mol. The molecule has 0 saturated carbocycles. The van der Waals surface area contributed by atoms with E-state index in [-0.39, 0.29) is 17.6 Å². The van der Waals surface area contributed by atoms with Gasteiger partial charge in [-0.2, -0.15) is 5.10 Å². The molecule has 2 heterocycles. The van der Waals surface area contributed by atoms with Crippen LogP contribution in [0.3, 0.4) is 0 Å². The molecule has 1 aromatic rings. The van der Waals surface area contributed by atoms with E-state index in [9.17, 15) is 20.0 Å². The Kier molecular flexibility index (Phi) is 3.89. The zero-order valence-corrected chi connectivity index (χ0v) is 12.6. The van der Waals surface area contributed by atoms with Crippen LogP contribution in [-0.2, 0) is 11.8 Å². The van der Waals surface area contributed by atoms with E-state index in [1.54, 1.807) is 18.9 Å². The van der Waals surface area contributed by atoms with E-state index in [0.29, 0.717) is 24.5 Å². The molecule has 0 amide bonds. The van der Waals surface area contributed by atoms with Gasteiger partial charge in [-0.25, -0.2) is 4.68 Å². The number of hydrogen-bond acceptors (Lipinski definition) is 5. The van der Waals surface area contributed by atoms with Crippen molar-refractivity contribution in [2.75, 3.05) is 11.4 Å². The van der Waals surface area contributed by atoms with Gasteiger partial charge in [0.15, 0.2) is 0 Å². The van der Waals surface area contributed by atoms with Gasteiger partial charge in [0.25, 0.3) is 0 Å². The van der Waals surface area contributed by atoms with E-state index in [1.807, 2.05) is 13.8 Å². The van der Waals surface area contributed by atoms with Crippen molar-refractivity contribution in [2.24, 2.45) is 13.0 Å². The van der Waals surface area contributed by atoms with Crippen LogP contribution in [-0.4, -0.2) is 38.4 Å². The standard InChI is InChI=1S/C13H20N4O4/c1-7(2)10-11(17(20)21)12(15(4)14-10)16-6-5-9(8(16)3)13(18)19/h7-9H,5-6H2,1-4H3,(H,18,19). The second-order valence-corrected chi connectivity index (χ2v) is 5.76. The number of nitro groups is 1. The summed E-state index contributed by atoms with van der Waals surface area (Å²) in [7, 11) is 1.66. The molecule has 0 radical (unpaired) electrons. The molecule has 1 aliphatic heterocycles. The lowest BCUT2D eigenvalue weighted by atomic mass is 10.0. The Balaban J connectivity index is 2.50. The van der Waals surface area contributed by atoms with Gasteiger partial charge in [-0.3, -0.25) is 14.9 Å². The van der Waals surface area contributed by atoms with Crippen LogP contribution < -0.4 is 4.90 Å².